The summed E-state index contributed by atoms with van der Waals surface area (Å²) in [6, 6.07) is 2.37. The summed E-state index contributed by atoms with van der Waals surface area (Å²) in [6.07, 6.45) is 3.44. The molecular formula is C10H17N3. The van der Waals surface area contributed by atoms with Gasteiger partial charge in [-0.2, -0.15) is 5.10 Å². The highest BCUT2D eigenvalue weighted by molar-refractivity contribution is 5.24. The monoisotopic (exact) mass is 179 g/mol. The molecule has 1 aromatic heterocycles. The molecule has 2 rings (SSSR count). The zero-order chi connectivity index (χ0) is 9.47. The molecule has 1 aromatic rings. The molecule has 72 valence electrons. The van der Waals surface area contributed by atoms with Crippen LogP contribution in [-0.4, -0.2) is 16.2 Å². The van der Waals surface area contributed by atoms with Crippen molar-refractivity contribution in [3.05, 3.63) is 17.5 Å². The quantitative estimate of drug-likeness (QED) is 0.736. The van der Waals surface area contributed by atoms with Crippen LogP contribution in [0.1, 0.15) is 38.1 Å². The molecule has 3 heteroatoms. The zero-order valence-corrected chi connectivity index (χ0v) is 8.30. The number of aromatic nitrogens is 2. The topological polar surface area (TPSA) is 54.7 Å². The number of nitrogens with one attached hydrogen (secondary N) is 1. The van der Waals surface area contributed by atoms with Gasteiger partial charge in [0.2, 0.25) is 0 Å². The lowest BCUT2D eigenvalue weighted by Crippen LogP contribution is -2.17. The van der Waals surface area contributed by atoms with Gasteiger partial charge in [0.15, 0.2) is 0 Å². The van der Waals surface area contributed by atoms with E-state index in [2.05, 4.69) is 23.2 Å². The average Bonchev–Trinajstić information content (AvgIpc) is 2.62. The number of hydrogen-bond donors (Lipinski definition) is 2. The summed E-state index contributed by atoms with van der Waals surface area (Å²) < 4.78 is 0. The maximum Gasteiger partial charge on any atom is 0.0683 e. The molecule has 0 aromatic carbocycles. The van der Waals surface area contributed by atoms with Gasteiger partial charge in [-0.3, -0.25) is 5.10 Å². The smallest absolute Gasteiger partial charge is 0.0683 e. The third-order valence-corrected chi connectivity index (χ3v) is 2.79. The van der Waals surface area contributed by atoms with E-state index in [0.29, 0.717) is 5.41 Å². The molecule has 0 bridgehead atoms. The van der Waals surface area contributed by atoms with E-state index in [4.69, 9.17) is 5.73 Å². The summed E-state index contributed by atoms with van der Waals surface area (Å²) in [5, 5.41) is 7.38. The predicted molar refractivity (Wildman–Crippen MR) is 52.5 cm³/mol. The standard InChI is InChI=1S/C10H17N3/c1-7(11)5-8-6-9(13-12-8)10(2)3-4-10/h6-7H,3-5,11H2,1-2H3,(H,12,13). The van der Waals surface area contributed by atoms with Gasteiger partial charge in [-0.05, 0) is 25.8 Å². The van der Waals surface area contributed by atoms with Crippen molar-refractivity contribution in [3.8, 4) is 0 Å². The lowest BCUT2D eigenvalue weighted by molar-refractivity contribution is 0.716. The molecule has 1 saturated carbocycles. The van der Waals surface area contributed by atoms with Gasteiger partial charge in [0.25, 0.3) is 0 Å². The molecule has 0 saturated heterocycles. The number of nitrogens with zero attached hydrogens (tertiary/aromatic N) is 1. The molecule has 1 heterocycles. The van der Waals surface area contributed by atoms with Crippen molar-refractivity contribution in [2.75, 3.05) is 0 Å². The number of hydrogen-bond acceptors (Lipinski definition) is 2. The first-order chi connectivity index (χ1) is 6.10. The van der Waals surface area contributed by atoms with Gasteiger partial charge < -0.3 is 5.73 Å². The second-order valence-electron chi connectivity index (χ2n) is 4.52. The van der Waals surface area contributed by atoms with Crippen LogP contribution in [0.25, 0.3) is 0 Å². The van der Waals surface area contributed by atoms with Crippen molar-refractivity contribution in [3.63, 3.8) is 0 Å². The molecule has 1 fully saturated rings. The largest absolute Gasteiger partial charge is 0.328 e. The Morgan fingerprint density at radius 2 is 2.38 bits per heavy atom. The molecular weight excluding hydrogens is 162 g/mol. The van der Waals surface area contributed by atoms with Crippen molar-refractivity contribution in [2.24, 2.45) is 5.73 Å². The number of H-pyrrole nitrogens is 1. The molecule has 13 heavy (non-hydrogen) atoms. The highest BCUT2D eigenvalue weighted by Gasteiger charge is 2.41. The van der Waals surface area contributed by atoms with Crippen molar-refractivity contribution < 1.29 is 0 Å². The van der Waals surface area contributed by atoms with Crippen LogP contribution in [0.4, 0.5) is 0 Å². The minimum absolute atomic E-state index is 0.209. The Morgan fingerprint density at radius 1 is 1.69 bits per heavy atom. The second kappa shape index (κ2) is 2.84. The minimum atomic E-state index is 0.209. The molecule has 0 aliphatic heterocycles. The summed E-state index contributed by atoms with van der Waals surface area (Å²) in [6.45, 7) is 4.28. The molecule has 1 aliphatic rings. The van der Waals surface area contributed by atoms with Crippen LogP contribution < -0.4 is 5.73 Å². The van der Waals surface area contributed by atoms with E-state index in [1.54, 1.807) is 0 Å². The van der Waals surface area contributed by atoms with Gasteiger partial charge in [-0.15, -0.1) is 0 Å². The summed E-state index contributed by atoms with van der Waals surface area (Å²) in [5.74, 6) is 0. The molecule has 0 spiro atoms. The molecule has 0 amide bonds. The van der Waals surface area contributed by atoms with E-state index in [-0.39, 0.29) is 6.04 Å². The maximum absolute atomic E-state index is 5.71. The highest BCUT2D eigenvalue weighted by atomic mass is 15.1. The fraction of sp³-hybridized carbons (Fsp3) is 0.700. The van der Waals surface area contributed by atoms with Gasteiger partial charge in [-0.25, -0.2) is 0 Å². The van der Waals surface area contributed by atoms with Gasteiger partial charge in [0, 0.05) is 23.6 Å². The third-order valence-electron chi connectivity index (χ3n) is 2.79. The van der Waals surface area contributed by atoms with Crippen LogP contribution in [-0.2, 0) is 11.8 Å². The van der Waals surface area contributed by atoms with E-state index in [0.717, 1.165) is 12.1 Å². The van der Waals surface area contributed by atoms with Crippen LogP contribution in [0.15, 0.2) is 6.07 Å². The average molecular weight is 179 g/mol. The highest BCUT2D eigenvalue weighted by Crippen LogP contribution is 2.46. The zero-order valence-electron chi connectivity index (χ0n) is 8.30. The SMILES string of the molecule is CC(N)Cc1cc(C2(C)CC2)n[nH]1. The van der Waals surface area contributed by atoms with E-state index in [1.165, 1.54) is 18.5 Å². The summed E-state index contributed by atoms with van der Waals surface area (Å²) in [7, 11) is 0. The first-order valence-corrected chi connectivity index (χ1v) is 4.90. The summed E-state index contributed by atoms with van der Waals surface area (Å²) in [4.78, 5) is 0. The first-order valence-electron chi connectivity index (χ1n) is 4.90. The fourth-order valence-corrected chi connectivity index (χ4v) is 1.57. The molecule has 3 nitrogen and oxygen atoms in total. The first kappa shape index (κ1) is 8.75. The molecule has 0 radical (unpaired) electrons. The fourth-order valence-electron chi connectivity index (χ4n) is 1.57. The Hall–Kier alpha value is -0.830. The van der Waals surface area contributed by atoms with Crippen LogP contribution in [0, 0.1) is 0 Å². The lowest BCUT2D eigenvalue weighted by Gasteiger charge is -2.01. The Balaban J connectivity index is 2.09. The predicted octanol–water partition coefficient (Wildman–Crippen LogP) is 1.35. The molecule has 1 aliphatic carbocycles. The van der Waals surface area contributed by atoms with Gasteiger partial charge >= 0.3 is 0 Å². The molecule has 1 unspecified atom stereocenters. The van der Waals surface area contributed by atoms with Crippen molar-refractivity contribution >= 4 is 0 Å². The number of nitrogens with two attached hydrogens (primary N) is 1. The molecule has 1 atom stereocenters. The Bertz CT molecular complexity index is 297. The van der Waals surface area contributed by atoms with Crippen molar-refractivity contribution in [2.45, 2.75) is 44.6 Å². The van der Waals surface area contributed by atoms with Crippen LogP contribution in [0.2, 0.25) is 0 Å². The van der Waals surface area contributed by atoms with Gasteiger partial charge in [0.1, 0.15) is 0 Å². The number of aromatic amines is 1. The van der Waals surface area contributed by atoms with E-state index < -0.39 is 0 Å². The minimum Gasteiger partial charge on any atom is -0.328 e. The van der Waals surface area contributed by atoms with E-state index in [9.17, 15) is 0 Å². The van der Waals surface area contributed by atoms with E-state index >= 15 is 0 Å². The Morgan fingerprint density at radius 3 is 2.92 bits per heavy atom. The van der Waals surface area contributed by atoms with Crippen LogP contribution >= 0.6 is 0 Å². The normalized spacial score (nSPS) is 21.5. The summed E-state index contributed by atoms with van der Waals surface area (Å²) >= 11 is 0. The molecule has 3 N–H and O–H groups in total. The van der Waals surface area contributed by atoms with Gasteiger partial charge in [0.05, 0.1) is 5.69 Å². The van der Waals surface area contributed by atoms with Crippen LogP contribution in [0.3, 0.4) is 0 Å². The summed E-state index contributed by atoms with van der Waals surface area (Å²) in [5.41, 5.74) is 8.45. The van der Waals surface area contributed by atoms with Crippen LogP contribution in [0.5, 0.6) is 0 Å². The third kappa shape index (κ3) is 1.75. The second-order valence-corrected chi connectivity index (χ2v) is 4.52. The lowest BCUT2D eigenvalue weighted by atomic mass is 10.0. The maximum atomic E-state index is 5.71. The number of rotatable bonds is 3. The van der Waals surface area contributed by atoms with Crippen molar-refractivity contribution in [1.82, 2.24) is 10.2 Å². The Labute approximate surface area is 78.7 Å². The van der Waals surface area contributed by atoms with Crippen molar-refractivity contribution in [1.29, 1.82) is 0 Å². The van der Waals surface area contributed by atoms with Gasteiger partial charge in [-0.1, -0.05) is 6.92 Å². The van der Waals surface area contributed by atoms with E-state index in [1.807, 2.05) is 6.92 Å². The Kier molecular flexibility index (Phi) is 1.91.